The second-order valence-electron chi connectivity index (χ2n) is 8.91. The molecule has 6 rings (SSSR count). The number of oxime groups is 1. The summed E-state index contributed by atoms with van der Waals surface area (Å²) in [7, 11) is 0. The van der Waals surface area contributed by atoms with Crippen molar-refractivity contribution in [1.29, 1.82) is 0 Å². The van der Waals surface area contributed by atoms with E-state index in [2.05, 4.69) is 87.0 Å². The maximum absolute atomic E-state index is 5.92. The molecule has 0 amide bonds. The highest BCUT2D eigenvalue weighted by Crippen LogP contribution is 2.32. The number of nitrogens with one attached hydrogen (secondary N) is 1. The molecule has 1 fully saturated rings. The van der Waals surface area contributed by atoms with Crippen LogP contribution in [0, 0.1) is 5.92 Å². The van der Waals surface area contributed by atoms with Crippen LogP contribution in [0.4, 0.5) is 5.69 Å². The molecule has 0 bridgehead atoms. The highest BCUT2D eigenvalue weighted by molar-refractivity contribution is 6.08. The fourth-order valence-corrected chi connectivity index (χ4v) is 5.14. The van der Waals surface area contributed by atoms with Crippen LogP contribution in [0.25, 0.3) is 10.8 Å². The van der Waals surface area contributed by atoms with Crippen LogP contribution < -0.4 is 5.32 Å². The van der Waals surface area contributed by atoms with Crippen LogP contribution in [-0.4, -0.2) is 60.9 Å². The highest BCUT2D eigenvalue weighted by Gasteiger charge is 2.39. The second kappa shape index (κ2) is 7.98. The van der Waals surface area contributed by atoms with E-state index in [1.807, 2.05) is 0 Å². The lowest BCUT2D eigenvalue weighted by Gasteiger charge is -2.36. The van der Waals surface area contributed by atoms with Gasteiger partial charge in [-0.25, -0.2) is 0 Å². The number of fused-ring (bicyclic) bond motifs is 4. The average Bonchev–Trinajstić information content (AvgIpc) is 3.23. The van der Waals surface area contributed by atoms with Crippen LogP contribution in [0.2, 0.25) is 0 Å². The molecule has 3 heterocycles. The van der Waals surface area contributed by atoms with Crippen molar-refractivity contribution in [2.24, 2.45) is 11.1 Å². The molecule has 2 atom stereocenters. The van der Waals surface area contributed by atoms with Crippen molar-refractivity contribution in [2.45, 2.75) is 12.6 Å². The summed E-state index contributed by atoms with van der Waals surface area (Å²) in [5.74, 6) is 0.338. The lowest BCUT2D eigenvalue weighted by molar-refractivity contribution is 0.0184. The van der Waals surface area contributed by atoms with Gasteiger partial charge in [-0.3, -0.25) is 9.80 Å². The molecule has 1 saturated heterocycles. The van der Waals surface area contributed by atoms with Crippen molar-refractivity contribution in [3.63, 3.8) is 0 Å². The van der Waals surface area contributed by atoms with E-state index in [1.54, 1.807) is 0 Å². The van der Waals surface area contributed by atoms with Gasteiger partial charge in [-0.2, -0.15) is 0 Å². The van der Waals surface area contributed by atoms with Gasteiger partial charge in [-0.1, -0.05) is 59.8 Å². The first-order valence-corrected chi connectivity index (χ1v) is 11.3. The largest absolute Gasteiger partial charge is 0.390 e. The third-order valence-electron chi connectivity index (χ3n) is 6.93. The quantitative estimate of drug-likeness (QED) is 0.708. The molecule has 2 unspecified atom stereocenters. The van der Waals surface area contributed by atoms with E-state index in [0.717, 1.165) is 51.5 Å². The molecule has 0 aromatic heterocycles. The van der Waals surface area contributed by atoms with Gasteiger partial charge in [-0.15, -0.1) is 0 Å². The molecule has 0 radical (unpaired) electrons. The minimum atomic E-state index is 0.142. The van der Waals surface area contributed by atoms with Crippen molar-refractivity contribution in [3.05, 3.63) is 77.9 Å². The standard InChI is InChI=1S/C26H28N4O/c1-2-6-21-15-19(9-10-20(21)5-1)17-29-11-13-30(14-12-29)18-25-23-16-27-24-8-4-3-7-22(24)26(23)28-31-25/h1-10,15,23,25,27H,11-14,16-18H2. The van der Waals surface area contributed by atoms with Crippen LogP contribution in [0.1, 0.15) is 11.1 Å². The summed E-state index contributed by atoms with van der Waals surface area (Å²) < 4.78 is 0. The van der Waals surface area contributed by atoms with Gasteiger partial charge in [0.05, 0.1) is 11.6 Å². The number of benzene rings is 3. The van der Waals surface area contributed by atoms with Gasteiger partial charge < -0.3 is 10.2 Å². The van der Waals surface area contributed by atoms with Gasteiger partial charge in [0.15, 0.2) is 0 Å². The number of piperazine rings is 1. The van der Waals surface area contributed by atoms with Gasteiger partial charge in [0.1, 0.15) is 6.10 Å². The maximum atomic E-state index is 5.92. The Kier molecular flexibility index (Phi) is 4.85. The van der Waals surface area contributed by atoms with E-state index in [4.69, 9.17) is 4.84 Å². The molecular formula is C26H28N4O. The summed E-state index contributed by atoms with van der Waals surface area (Å²) in [4.78, 5) is 11.0. The molecule has 31 heavy (non-hydrogen) atoms. The molecule has 5 nitrogen and oxygen atoms in total. The Morgan fingerprint density at radius 2 is 1.65 bits per heavy atom. The number of anilines is 1. The van der Waals surface area contributed by atoms with E-state index in [-0.39, 0.29) is 6.10 Å². The zero-order valence-corrected chi connectivity index (χ0v) is 17.7. The number of nitrogens with zero attached hydrogens (tertiary/aromatic N) is 3. The molecule has 0 aliphatic carbocycles. The van der Waals surface area contributed by atoms with E-state index >= 15 is 0 Å². The molecular weight excluding hydrogens is 384 g/mol. The second-order valence-corrected chi connectivity index (χ2v) is 8.91. The zero-order valence-electron chi connectivity index (χ0n) is 17.7. The number of hydrogen-bond acceptors (Lipinski definition) is 5. The van der Waals surface area contributed by atoms with Gasteiger partial charge in [0.25, 0.3) is 0 Å². The average molecular weight is 413 g/mol. The molecule has 5 heteroatoms. The van der Waals surface area contributed by atoms with Crippen molar-refractivity contribution in [3.8, 4) is 0 Å². The first-order valence-electron chi connectivity index (χ1n) is 11.3. The Bertz CT molecular complexity index is 1120. The number of hydrogen-bond donors (Lipinski definition) is 1. The fourth-order valence-electron chi connectivity index (χ4n) is 5.14. The predicted octanol–water partition coefficient (Wildman–Crippen LogP) is 3.80. The van der Waals surface area contributed by atoms with Gasteiger partial charge in [-0.05, 0) is 28.5 Å². The molecule has 3 aromatic carbocycles. The smallest absolute Gasteiger partial charge is 0.150 e. The van der Waals surface area contributed by atoms with Crippen molar-refractivity contribution >= 4 is 22.2 Å². The van der Waals surface area contributed by atoms with Crippen LogP contribution in [-0.2, 0) is 11.4 Å². The minimum absolute atomic E-state index is 0.142. The van der Waals surface area contributed by atoms with E-state index in [0.29, 0.717) is 5.92 Å². The maximum Gasteiger partial charge on any atom is 0.150 e. The van der Waals surface area contributed by atoms with Crippen LogP contribution in [0.5, 0.6) is 0 Å². The SMILES string of the molecule is c1ccc2c(c1)NCC1C2=NOC1CN1CCN(Cc2ccc3ccccc3c2)CC1. The first-order chi connectivity index (χ1) is 15.3. The summed E-state index contributed by atoms with van der Waals surface area (Å²) in [6.45, 7) is 7.24. The Balaban J connectivity index is 1.04. The van der Waals surface area contributed by atoms with Gasteiger partial charge in [0, 0.05) is 57.1 Å². The molecule has 1 N–H and O–H groups in total. The lowest BCUT2D eigenvalue weighted by atomic mass is 9.88. The fraction of sp³-hybridized carbons (Fsp3) is 0.346. The normalized spacial score (nSPS) is 23.5. The summed E-state index contributed by atoms with van der Waals surface area (Å²) in [5.41, 5.74) is 4.89. The first kappa shape index (κ1) is 18.8. The zero-order chi connectivity index (χ0) is 20.6. The Morgan fingerprint density at radius 1 is 0.871 bits per heavy atom. The van der Waals surface area contributed by atoms with Crippen LogP contribution >= 0.6 is 0 Å². The lowest BCUT2D eigenvalue weighted by Crippen LogP contribution is -2.50. The molecule has 3 aliphatic heterocycles. The molecule has 3 aliphatic rings. The van der Waals surface area contributed by atoms with Gasteiger partial charge >= 0.3 is 0 Å². The predicted molar refractivity (Wildman–Crippen MR) is 125 cm³/mol. The molecule has 0 saturated carbocycles. The summed E-state index contributed by atoms with van der Waals surface area (Å²) in [6, 6.07) is 23.9. The van der Waals surface area contributed by atoms with Crippen LogP contribution in [0.3, 0.4) is 0 Å². The van der Waals surface area contributed by atoms with Crippen molar-refractivity contribution in [2.75, 3.05) is 44.6 Å². The van der Waals surface area contributed by atoms with E-state index in [1.165, 1.54) is 27.6 Å². The Morgan fingerprint density at radius 3 is 2.55 bits per heavy atom. The van der Waals surface area contributed by atoms with Gasteiger partial charge in [0.2, 0.25) is 0 Å². The Labute approximate surface area is 183 Å². The van der Waals surface area contributed by atoms with Crippen molar-refractivity contribution < 1.29 is 4.84 Å². The third kappa shape index (κ3) is 3.68. The van der Waals surface area contributed by atoms with Crippen LogP contribution in [0.15, 0.2) is 71.9 Å². The highest BCUT2D eigenvalue weighted by atomic mass is 16.6. The van der Waals surface area contributed by atoms with E-state index < -0.39 is 0 Å². The molecule has 3 aromatic rings. The Hall–Kier alpha value is -2.89. The summed E-state index contributed by atoms with van der Waals surface area (Å²) in [6.07, 6.45) is 0.142. The third-order valence-corrected chi connectivity index (χ3v) is 6.93. The molecule has 158 valence electrons. The topological polar surface area (TPSA) is 40.1 Å². The summed E-state index contributed by atoms with van der Waals surface area (Å²) >= 11 is 0. The van der Waals surface area contributed by atoms with Crippen molar-refractivity contribution in [1.82, 2.24) is 9.80 Å². The monoisotopic (exact) mass is 412 g/mol. The summed E-state index contributed by atoms with van der Waals surface area (Å²) in [5, 5.41) is 10.7. The number of para-hydroxylation sites is 1. The van der Waals surface area contributed by atoms with E-state index in [9.17, 15) is 0 Å². The minimum Gasteiger partial charge on any atom is -0.390 e. The number of rotatable bonds is 4. The molecule has 0 spiro atoms.